The molecule has 22 heavy (non-hydrogen) atoms. The zero-order chi connectivity index (χ0) is 14.7. The van der Waals surface area contributed by atoms with Crippen molar-refractivity contribution >= 4 is 35.3 Å². The Hall–Kier alpha value is -1.64. The van der Waals surface area contributed by atoms with Gasteiger partial charge < -0.3 is 27.1 Å². The van der Waals surface area contributed by atoms with Crippen LogP contribution in [-0.4, -0.2) is 45.1 Å². The summed E-state index contributed by atoms with van der Waals surface area (Å²) in [5.41, 5.74) is 12.9. The first-order valence-electron chi connectivity index (χ1n) is 7.43. The Morgan fingerprint density at radius 2 is 2.00 bits per heavy atom. The van der Waals surface area contributed by atoms with E-state index in [1.807, 2.05) is 0 Å². The molecule has 0 spiro atoms. The molecule has 1 aliphatic rings. The Balaban J connectivity index is 0.00000176. The molecule has 0 radical (unpaired) electrons. The van der Waals surface area contributed by atoms with Crippen LogP contribution in [0, 0.1) is 0 Å². The molecule has 1 saturated carbocycles. The van der Waals surface area contributed by atoms with Crippen LogP contribution in [0.2, 0.25) is 0 Å². The Bertz CT molecular complexity index is 593. The highest BCUT2D eigenvalue weighted by Gasteiger charge is 2.20. The second-order valence-electron chi connectivity index (χ2n) is 5.47. The van der Waals surface area contributed by atoms with E-state index >= 15 is 0 Å². The summed E-state index contributed by atoms with van der Waals surface area (Å²) in [7, 11) is 0. The molecule has 122 valence electrons. The Morgan fingerprint density at radius 1 is 1.23 bits per heavy atom. The maximum atomic E-state index is 5.93. The van der Waals surface area contributed by atoms with Crippen LogP contribution < -0.4 is 22.1 Å². The van der Waals surface area contributed by atoms with Crippen LogP contribution >= 0.6 is 12.4 Å². The molecule has 0 unspecified atom stereocenters. The van der Waals surface area contributed by atoms with Crippen LogP contribution in [0.5, 0.6) is 0 Å². The number of hydrogen-bond donors (Lipinski definition) is 5. The third-order valence-corrected chi connectivity index (χ3v) is 3.83. The third kappa shape index (κ3) is 3.76. The molecule has 0 atom stereocenters. The van der Waals surface area contributed by atoms with Crippen LogP contribution in [-0.2, 0) is 0 Å². The molecule has 0 aliphatic heterocycles. The topological polar surface area (TPSA) is 131 Å². The fraction of sp³-hybridized carbons (Fsp3) is 0.615. The fourth-order valence-electron chi connectivity index (χ4n) is 2.66. The molecule has 7 N–H and O–H groups in total. The number of fused-ring (bicyclic) bond motifs is 1. The molecule has 1 fully saturated rings. The molecule has 8 nitrogen and oxygen atoms in total. The number of nitrogens with zero attached hydrogens (tertiary/aromatic N) is 3. The van der Waals surface area contributed by atoms with Crippen molar-refractivity contribution < 1.29 is 0 Å². The van der Waals surface area contributed by atoms with Crippen molar-refractivity contribution in [3.8, 4) is 0 Å². The van der Waals surface area contributed by atoms with Crippen molar-refractivity contribution in [2.45, 2.75) is 37.8 Å². The predicted molar refractivity (Wildman–Crippen MR) is 90.3 cm³/mol. The van der Waals surface area contributed by atoms with E-state index in [9.17, 15) is 0 Å². The van der Waals surface area contributed by atoms with Gasteiger partial charge in [0.1, 0.15) is 5.52 Å². The van der Waals surface area contributed by atoms with Crippen molar-refractivity contribution in [2.75, 3.05) is 23.7 Å². The predicted octanol–water partition coefficient (Wildman–Crippen LogP) is 0.827. The zero-order valence-electron chi connectivity index (χ0n) is 12.4. The molecule has 0 aromatic carbocycles. The lowest BCUT2D eigenvalue weighted by molar-refractivity contribution is 0.410. The van der Waals surface area contributed by atoms with Crippen molar-refractivity contribution in [1.82, 2.24) is 19.9 Å². The summed E-state index contributed by atoms with van der Waals surface area (Å²) in [6, 6.07) is 0.711. The average molecular weight is 327 g/mol. The molecule has 3 rings (SSSR count). The lowest BCUT2D eigenvalue weighted by Crippen LogP contribution is -2.33. The van der Waals surface area contributed by atoms with Crippen LogP contribution in [0.4, 0.5) is 11.8 Å². The summed E-state index contributed by atoms with van der Waals surface area (Å²) in [6.07, 6.45) is 5.81. The summed E-state index contributed by atoms with van der Waals surface area (Å²) in [5, 5.41) is 6.60. The number of rotatable bonds is 5. The van der Waals surface area contributed by atoms with Gasteiger partial charge in [0.2, 0.25) is 5.95 Å². The monoisotopic (exact) mass is 326 g/mol. The molecule has 2 heterocycles. The zero-order valence-corrected chi connectivity index (χ0v) is 13.2. The SMILES string of the molecule is Cl.NCCNc1nc(NC2CCC(N)CC2)nc2nc[nH]c12. The number of imidazole rings is 1. The van der Waals surface area contributed by atoms with Gasteiger partial charge in [-0.05, 0) is 25.7 Å². The smallest absolute Gasteiger partial charge is 0.227 e. The maximum Gasteiger partial charge on any atom is 0.227 e. The van der Waals surface area contributed by atoms with Crippen molar-refractivity contribution in [2.24, 2.45) is 11.5 Å². The summed E-state index contributed by atoms with van der Waals surface area (Å²) < 4.78 is 0. The van der Waals surface area contributed by atoms with Gasteiger partial charge in [0.15, 0.2) is 11.5 Å². The Morgan fingerprint density at radius 3 is 2.73 bits per heavy atom. The number of hydrogen-bond acceptors (Lipinski definition) is 7. The van der Waals surface area contributed by atoms with E-state index in [0.717, 1.165) is 37.0 Å². The summed E-state index contributed by atoms with van der Waals surface area (Å²) in [4.78, 5) is 16.2. The van der Waals surface area contributed by atoms with E-state index in [4.69, 9.17) is 11.5 Å². The minimum atomic E-state index is 0. The van der Waals surface area contributed by atoms with E-state index in [2.05, 4.69) is 30.6 Å². The molecule has 2 aromatic heterocycles. The van der Waals surface area contributed by atoms with Gasteiger partial charge in [-0.1, -0.05) is 0 Å². The second-order valence-corrected chi connectivity index (χ2v) is 5.47. The molecule has 2 aromatic rings. The van der Waals surface area contributed by atoms with E-state index in [0.29, 0.717) is 36.8 Å². The van der Waals surface area contributed by atoms with Gasteiger partial charge >= 0.3 is 0 Å². The van der Waals surface area contributed by atoms with Gasteiger partial charge in [-0.25, -0.2) is 4.98 Å². The van der Waals surface area contributed by atoms with E-state index in [1.165, 1.54) is 0 Å². The molecule has 0 amide bonds. The molecule has 1 aliphatic carbocycles. The van der Waals surface area contributed by atoms with Gasteiger partial charge in [-0.15, -0.1) is 12.4 Å². The Kier molecular flexibility index (Phi) is 5.76. The highest BCUT2D eigenvalue weighted by atomic mass is 35.5. The maximum absolute atomic E-state index is 5.93. The van der Waals surface area contributed by atoms with Crippen LogP contribution in [0.1, 0.15) is 25.7 Å². The van der Waals surface area contributed by atoms with Gasteiger partial charge in [0.25, 0.3) is 0 Å². The van der Waals surface area contributed by atoms with E-state index in [1.54, 1.807) is 6.33 Å². The van der Waals surface area contributed by atoms with Crippen molar-refractivity contribution in [3.05, 3.63) is 6.33 Å². The first kappa shape index (κ1) is 16.7. The standard InChI is InChI=1S/C13H22N8.ClH/c14-5-6-16-11-10-12(18-7-17-10)21-13(20-11)19-9-3-1-8(15)2-4-9;/h7-9H,1-6,14-15H2,(H3,16,17,18,19,20,21);1H. The molecular weight excluding hydrogens is 304 g/mol. The molecular formula is C13H23ClN8. The number of halogens is 1. The largest absolute Gasteiger partial charge is 0.367 e. The lowest BCUT2D eigenvalue weighted by atomic mass is 9.92. The minimum absolute atomic E-state index is 0. The van der Waals surface area contributed by atoms with E-state index < -0.39 is 0 Å². The molecule has 0 bridgehead atoms. The quantitative estimate of drug-likeness (QED) is 0.550. The number of anilines is 2. The van der Waals surface area contributed by atoms with Gasteiger partial charge in [0.05, 0.1) is 6.33 Å². The molecule has 0 saturated heterocycles. The minimum Gasteiger partial charge on any atom is -0.367 e. The molecule has 9 heteroatoms. The third-order valence-electron chi connectivity index (χ3n) is 3.83. The Labute approximate surface area is 135 Å². The van der Waals surface area contributed by atoms with Gasteiger partial charge in [-0.3, -0.25) is 0 Å². The number of nitrogens with one attached hydrogen (secondary N) is 3. The normalized spacial score (nSPS) is 21.4. The van der Waals surface area contributed by atoms with E-state index in [-0.39, 0.29) is 12.4 Å². The fourth-order valence-corrected chi connectivity index (χ4v) is 2.66. The summed E-state index contributed by atoms with van der Waals surface area (Å²) in [5.74, 6) is 1.34. The highest BCUT2D eigenvalue weighted by Crippen LogP contribution is 2.22. The number of H-pyrrole nitrogens is 1. The average Bonchev–Trinajstić information content (AvgIpc) is 2.95. The van der Waals surface area contributed by atoms with Gasteiger partial charge in [0, 0.05) is 25.2 Å². The van der Waals surface area contributed by atoms with Crippen LogP contribution in [0.25, 0.3) is 11.2 Å². The highest BCUT2D eigenvalue weighted by molar-refractivity contribution is 5.85. The number of nitrogens with two attached hydrogens (primary N) is 2. The van der Waals surface area contributed by atoms with Crippen LogP contribution in [0.15, 0.2) is 6.33 Å². The number of aromatic amines is 1. The summed E-state index contributed by atoms with van der Waals surface area (Å²) in [6.45, 7) is 1.20. The number of aromatic nitrogens is 4. The van der Waals surface area contributed by atoms with Gasteiger partial charge in [-0.2, -0.15) is 9.97 Å². The first-order valence-corrected chi connectivity index (χ1v) is 7.43. The summed E-state index contributed by atoms with van der Waals surface area (Å²) >= 11 is 0. The second kappa shape index (κ2) is 7.57. The lowest BCUT2D eigenvalue weighted by Gasteiger charge is -2.26. The van der Waals surface area contributed by atoms with Crippen LogP contribution in [0.3, 0.4) is 0 Å². The van der Waals surface area contributed by atoms with Crippen molar-refractivity contribution in [1.29, 1.82) is 0 Å². The van der Waals surface area contributed by atoms with Crippen molar-refractivity contribution in [3.63, 3.8) is 0 Å². The first-order chi connectivity index (χ1) is 10.3.